The molecule has 5 heteroatoms. The topological polar surface area (TPSA) is 102 Å². The van der Waals surface area contributed by atoms with Crippen LogP contribution in [0, 0.1) is 0 Å². The predicted octanol–water partition coefficient (Wildman–Crippen LogP) is 0.502. The zero-order chi connectivity index (χ0) is 11.9. The number of aliphatic imine (C=N–C) groups is 1. The smallest absolute Gasteiger partial charge is 0.323 e. The summed E-state index contributed by atoms with van der Waals surface area (Å²) in [6.07, 6.45) is 4.67. The molecule has 0 radical (unpaired) electrons. The first-order chi connectivity index (χ1) is 6.86. The van der Waals surface area contributed by atoms with Gasteiger partial charge in [0, 0.05) is 6.54 Å². The number of nitrogens with zero attached hydrogens (tertiary/aromatic N) is 1. The summed E-state index contributed by atoms with van der Waals surface area (Å²) in [7, 11) is 0. The average Bonchev–Trinajstić information content (AvgIpc) is 2.10. The summed E-state index contributed by atoms with van der Waals surface area (Å²) in [6, 6.07) is 0. The Kier molecular flexibility index (Phi) is 5.62. The van der Waals surface area contributed by atoms with Gasteiger partial charge in [-0.25, -0.2) is 0 Å². The van der Waals surface area contributed by atoms with Gasteiger partial charge >= 0.3 is 5.97 Å². The van der Waals surface area contributed by atoms with Crippen molar-refractivity contribution < 1.29 is 9.90 Å². The second-order valence-corrected chi connectivity index (χ2v) is 3.71. The molecule has 0 aromatic rings. The molecule has 5 nitrogen and oxygen atoms in total. The molecule has 0 saturated carbocycles. The van der Waals surface area contributed by atoms with Crippen LogP contribution >= 0.6 is 0 Å². The van der Waals surface area contributed by atoms with Crippen molar-refractivity contribution in [3.63, 3.8) is 0 Å². The molecular formula is C10H19N3O2. The quantitative estimate of drug-likeness (QED) is 0.259. The molecule has 0 aliphatic rings. The maximum Gasteiger partial charge on any atom is 0.323 e. The zero-order valence-corrected chi connectivity index (χ0v) is 9.23. The Morgan fingerprint density at radius 3 is 2.60 bits per heavy atom. The highest BCUT2D eigenvalue weighted by Crippen LogP contribution is 2.06. The number of hydrogen-bond acceptors (Lipinski definition) is 3. The molecule has 0 aromatic carbocycles. The van der Waals surface area contributed by atoms with Gasteiger partial charge in [0.15, 0.2) is 0 Å². The average molecular weight is 213 g/mol. The monoisotopic (exact) mass is 213 g/mol. The van der Waals surface area contributed by atoms with Crippen LogP contribution in [-0.4, -0.2) is 29.0 Å². The Balaban J connectivity index is 3.81. The molecule has 0 aromatic heterocycles. The molecule has 0 amide bonds. The Labute approximate surface area is 89.9 Å². The van der Waals surface area contributed by atoms with E-state index >= 15 is 0 Å². The normalized spacial score (nSPS) is 16.6. The molecule has 5 N–H and O–H groups in total. The van der Waals surface area contributed by atoms with Crippen molar-refractivity contribution in [2.75, 3.05) is 6.54 Å². The predicted molar refractivity (Wildman–Crippen MR) is 60.8 cm³/mol. The molecule has 0 aliphatic heterocycles. The molecule has 15 heavy (non-hydrogen) atoms. The van der Waals surface area contributed by atoms with Gasteiger partial charge in [0.2, 0.25) is 0 Å². The van der Waals surface area contributed by atoms with E-state index in [4.69, 9.17) is 16.6 Å². The lowest BCUT2D eigenvalue weighted by Crippen LogP contribution is -2.44. The van der Waals surface area contributed by atoms with Crippen LogP contribution in [0.1, 0.15) is 26.7 Å². The van der Waals surface area contributed by atoms with E-state index in [-0.39, 0.29) is 0 Å². The van der Waals surface area contributed by atoms with Gasteiger partial charge in [-0.1, -0.05) is 12.2 Å². The fourth-order valence-electron chi connectivity index (χ4n) is 0.849. The van der Waals surface area contributed by atoms with Gasteiger partial charge in [0.05, 0.1) is 5.84 Å². The lowest BCUT2D eigenvalue weighted by atomic mass is 9.99. The van der Waals surface area contributed by atoms with E-state index in [9.17, 15) is 4.79 Å². The van der Waals surface area contributed by atoms with Crippen molar-refractivity contribution in [1.29, 1.82) is 0 Å². The van der Waals surface area contributed by atoms with E-state index in [1.807, 2.05) is 6.08 Å². The first kappa shape index (κ1) is 13.6. The molecular weight excluding hydrogens is 194 g/mol. The van der Waals surface area contributed by atoms with Crippen LogP contribution in [0.4, 0.5) is 0 Å². The summed E-state index contributed by atoms with van der Waals surface area (Å²) in [5, 5.41) is 8.72. The van der Waals surface area contributed by atoms with Gasteiger partial charge in [-0.3, -0.25) is 9.79 Å². The Bertz CT molecular complexity index is 266. The lowest BCUT2D eigenvalue weighted by molar-refractivity contribution is -0.142. The maximum atomic E-state index is 10.6. The standard InChI is InChI=1S/C10H19N3O2/c1-8(11)13-7-5-3-4-6-10(2,12)9(14)15/h3-4H,5-7,12H2,1-2H3,(H2,11,13)(H,14,15)/b4-3-/t10-/m1/s1. The molecule has 0 heterocycles. The number of nitrogens with two attached hydrogens (primary N) is 2. The van der Waals surface area contributed by atoms with Crippen molar-refractivity contribution >= 4 is 11.8 Å². The first-order valence-corrected chi connectivity index (χ1v) is 4.80. The number of carboxylic acid groups (broad SMARTS) is 1. The third-order valence-electron chi connectivity index (χ3n) is 1.85. The van der Waals surface area contributed by atoms with Crippen LogP contribution in [0.2, 0.25) is 0 Å². The lowest BCUT2D eigenvalue weighted by Gasteiger charge is -2.15. The summed E-state index contributed by atoms with van der Waals surface area (Å²) < 4.78 is 0. The second-order valence-electron chi connectivity index (χ2n) is 3.71. The summed E-state index contributed by atoms with van der Waals surface area (Å²) in [5.74, 6) is -0.444. The van der Waals surface area contributed by atoms with E-state index in [1.54, 1.807) is 13.0 Å². The molecule has 86 valence electrons. The number of rotatable bonds is 6. The van der Waals surface area contributed by atoms with E-state index in [2.05, 4.69) is 4.99 Å². The highest BCUT2D eigenvalue weighted by molar-refractivity contribution is 5.78. The van der Waals surface area contributed by atoms with Gasteiger partial charge in [0.1, 0.15) is 5.54 Å². The van der Waals surface area contributed by atoms with Crippen LogP contribution in [-0.2, 0) is 4.79 Å². The van der Waals surface area contributed by atoms with Crippen molar-refractivity contribution in [2.24, 2.45) is 16.5 Å². The van der Waals surface area contributed by atoms with Crippen LogP contribution in [0.25, 0.3) is 0 Å². The SMILES string of the molecule is CC(N)=NCC/C=C\C[C@@](C)(N)C(=O)O. The number of aliphatic carboxylic acids is 1. The van der Waals surface area contributed by atoms with E-state index < -0.39 is 11.5 Å². The Morgan fingerprint density at radius 2 is 2.13 bits per heavy atom. The van der Waals surface area contributed by atoms with Gasteiger partial charge in [-0.05, 0) is 26.7 Å². The number of carboxylic acids is 1. The number of carbonyl (C=O) groups is 1. The Hall–Kier alpha value is -1.36. The first-order valence-electron chi connectivity index (χ1n) is 4.80. The third-order valence-corrected chi connectivity index (χ3v) is 1.85. The van der Waals surface area contributed by atoms with Crippen molar-refractivity contribution in [3.8, 4) is 0 Å². The Morgan fingerprint density at radius 1 is 1.53 bits per heavy atom. The minimum Gasteiger partial charge on any atom is -0.480 e. The minimum atomic E-state index is -1.19. The van der Waals surface area contributed by atoms with E-state index in [0.29, 0.717) is 18.8 Å². The van der Waals surface area contributed by atoms with Crippen molar-refractivity contribution in [2.45, 2.75) is 32.2 Å². The molecule has 1 atom stereocenters. The number of amidine groups is 1. The van der Waals surface area contributed by atoms with Crippen molar-refractivity contribution in [1.82, 2.24) is 0 Å². The van der Waals surface area contributed by atoms with E-state index in [1.165, 1.54) is 6.92 Å². The number of hydrogen-bond donors (Lipinski definition) is 3. The molecule has 0 spiro atoms. The van der Waals surface area contributed by atoms with Crippen molar-refractivity contribution in [3.05, 3.63) is 12.2 Å². The molecule has 0 bridgehead atoms. The fraction of sp³-hybridized carbons (Fsp3) is 0.600. The van der Waals surface area contributed by atoms with Crippen LogP contribution in [0.5, 0.6) is 0 Å². The van der Waals surface area contributed by atoms with Gasteiger partial charge < -0.3 is 16.6 Å². The third kappa shape index (κ3) is 6.68. The maximum absolute atomic E-state index is 10.6. The van der Waals surface area contributed by atoms with Crippen LogP contribution < -0.4 is 11.5 Å². The molecule has 0 aliphatic carbocycles. The summed E-state index contributed by atoms with van der Waals surface area (Å²) in [4.78, 5) is 14.6. The fourth-order valence-corrected chi connectivity index (χ4v) is 0.849. The largest absolute Gasteiger partial charge is 0.480 e. The zero-order valence-electron chi connectivity index (χ0n) is 9.23. The second kappa shape index (κ2) is 6.19. The van der Waals surface area contributed by atoms with Crippen LogP contribution in [0.3, 0.4) is 0 Å². The summed E-state index contributed by atoms with van der Waals surface area (Å²) in [5.41, 5.74) is 9.68. The molecule has 0 fully saturated rings. The summed E-state index contributed by atoms with van der Waals surface area (Å²) >= 11 is 0. The van der Waals surface area contributed by atoms with E-state index in [0.717, 1.165) is 6.42 Å². The molecule has 0 saturated heterocycles. The van der Waals surface area contributed by atoms with Gasteiger partial charge in [0.25, 0.3) is 0 Å². The highest BCUT2D eigenvalue weighted by atomic mass is 16.4. The highest BCUT2D eigenvalue weighted by Gasteiger charge is 2.25. The van der Waals surface area contributed by atoms with Gasteiger partial charge in [-0.2, -0.15) is 0 Å². The molecule has 0 rings (SSSR count). The molecule has 0 unspecified atom stereocenters. The van der Waals surface area contributed by atoms with Crippen LogP contribution in [0.15, 0.2) is 17.1 Å². The summed E-state index contributed by atoms with van der Waals surface area (Å²) in [6.45, 7) is 3.83. The minimum absolute atomic E-state index is 0.313. The van der Waals surface area contributed by atoms with Gasteiger partial charge in [-0.15, -0.1) is 0 Å².